The molecule has 0 unspecified atom stereocenters. The number of benzene rings is 2. The van der Waals surface area contributed by atoms with E-state index in [0.717, 1.165) is 12.2 Å². The molecule has 0 N–H and O–H groups in total. The van der Waals surface area contributed by atoms with Crippen LogP contribution in [0.5, 0.6) is 11.5 Å². The zero-order valence-corrected chi connectivity index (χ0v) is 34.3. The number of nitro groups is 1. The first-order valence-electron chi connectivity index (χ1n) is 20.6. The average molecular weight is 859 g/mol. The van der Waals surface area contributed by atoms with Crippen molar-refractivity contribution in [1.82, 2.24) is 15.0 Å². The number of non-ortho nitro benzene ring substituents is 1. The molecular formula is C44H50N4O14. The van der Waals surface area contributed by atoms with Gasteiger partial charge in [0.05, 0.1) is 72.5 Å². The van der Waals surface area contributed by atoms with Gasteiger partial charge in [-0.1, -0.05) is 18.4 Å². The van der Waals surface area contributed by atoms with Gasteiger partial charge in [0.2, 0.25) is 0 Å². The van der Waals surface area contributed by atoms with Crippen LogP contribution in [0, 0.1) is 33.8 Å². The zero-order valence-electron chi connectivity index (χ0n) is 34.3. The molecule has 5 rings (SSSR count). The van der Waals surface area contributed by atoms with E-state index in [-0.39, 0.29) is 73.1 Å². The average Bonchev–Trinajstić information content (AvgIpc) is 3.79. The molecule has 18 nitrogen and oxygen atoms in total. The van der Waals surface area contributed by atoms with Gasteiger partial charge in [0.15, 0.2) is 0 Å². The molecule has 0 radical (unpaired) electrons. The van der Waals surface area contributed by atoms with Crippen LogP contribution >= 0.6 is 0 Å². The van der Waals surface area contributed by atoms with E-state index in [2.05, 4.69) is 23.5 Å². The van der Waals surface area contributed by atoms with Gasteiger partial charge in [-0.2, -0.15) is 0 Å². The number of carbonyl (C=O) groups is 6. The maximum atomic E-state index is 13.5. The maximum absolute atomic E-state index is 13.5. The van der Waals surface area contributed by atoms with Crippen molar-refractivity contribution in [3.63, 3.8) is 0 Å². The normalized spacial score (nSPS) is 18.3. The first kappa shape index (κ1) is 46.3. The van der Waals surface area contributed by atoms with Gasteiger partial charge in [-0.15, -0.1) is 5.10 Å². The summed E-state index contributed by atoms with van der Waals surface area (Å²) in [6, 6.07) is 10.2. The Morgan fingerprint density at radius 3 is 1.56 bits per heavy atom. The highest BCUT2D eigenvalue weighted by molar-refractivity contribution is 5.82. The van der Waals surface area contributed by atoms with E-state index in [0.29, 0.717) is 88.3 Å². The van der Waals surface area contributed by atoms with Crippen LogP contribution in [0.3, 0.4) is 0 Å². The Hall–Kier alpha value is -6.72. The molecule has 2 aliphatic carbocycles. The Kier molecular flexibility index (Phi) is 17.4. The van der Waals surface area contributed by atoms with Gasteiger partial charge in [0, 0.05) is 24.3 Å². The van der Waals surface area contributed by atoms with Crippen molar-refractivity contribution in [2.75, 3.05) is 26.4 Å². The molecule has 0 atom stereocenters. The Morgan fingerprint density at radius 2 is 1.10 bits per heavy atom. The molecule has 0 bridgehead atoms. The van der Waals surface area contributed by atoms with E-state index in [1.165, 1.54) is 47.1 Å². The third-order valence-corrected chi connectivity index (χ3v) is 10.7. The molecule has 18 heteroatoms. The van der Waals surface area contributed by atoms with Crippen molar-refractivity contribution in [2.24, 2.45) is 23.7 Å². The topological polar surface area (TPSA) is 232 Å². The lowest BCUT2D eigenvalue weighted by Crippen LogP contribution is -2.30. The smallest absolute Gasteiger partial charge is 0.330 e. The van der Waals surface area contributed by atoms with Crippen molar-refractivity contribution in [2.45, 2.75) is 77.0 Å². The van der Waals surface area contributed by atoms with Crippen molar-refractivity contribution >= 4 is 41.5 Å². The van der Waals surface area contributed by atoms with Crippen molar-refractivity contribution in [1.29, 1.82) is 0 Å². The number of rotatable bonds is 21. The lowest BCUT2D eigenvalue weighted by Gasteiger charge is -2.26. The van der Waals surface area contributed by atoms with Crippen LogP contribution in [-0.2, 0) is 47.7 Å². The number of hydrogen-bond donors (Lipinski definition) is 0. The lowest BCUT2D eigenvalue weighted by molar-refractivity contribution is -0.384. The Morgan fingerprint density at radius 1 is 0.645 bits per heavy atom. The summed E-state index contributed by atoms with van der Waals surface area (Å²) in [6.07, 6.45) is 9.22. The van der Waals surface area contributed by atoms with E-state index >= 15 is 0 Å². The quantitative estimate of drug-likeness (QED) is 0.0215. The van der Waals surface area contributed by atoms with Gasteiger partial charge in [-0.3, -0.25) is 29.3 Å². The third-order valence-electron chi connectivity index (χ3n) is 10.7. The van der Waals surface area contributed by atoms with Gasteiger partial charge < -0.3 is 28.4 Å². The van der Waals surface area contributed by atoms with Crippen LogP contribution in [0.2, 0.25) is 0 Å². The molecule has 0 amide bonds. The summed E-state index contributed by atoms with van der Waals surface area (Å²) in [4.78, 5) is 85.2. The molecule has 1 aromatic heterocycles. The van der Waals surface area contributed by atoms with Gasteiger partial charge >= 0.3 is 35.8 Å². The van der Waals surface area contributed by atoms with Crippen LogP contribution < -0.4 is 9.47 Å². The highest BCUT2D eigenvalue weighted by Crippen LogP contribution is 2.37. The number of esters is 6. The molecular weight excluding hydrogens is 808 g/mol. The molecule has 2 aromatic carbocycles. The van der Waals surface area contributed by atoms with Crippen molar-refractivity contribution < 1.29 is 62.1 Å². The minimum atomic E-state index is -0.517. The second kappa shape index (κ2) is 23.3. The predicted molar refractivity (Wildman–Crippen MR) is 218 cm³/mol. The molecule has 0 spiro atoms. The highest BCUT2D eigenvalue weighted by atomic mass is 16.6. The minimum Gasteiger partial charge on any atom is -0.465 e. The zero-order chi connectivity index (χ0) is 44.4. The van der Waals surface area contributed by atoms with Crippen LogP contribution in [0.4, 0.5) is 5.69 Å². The molecule has 0 saturated heterocycles. The minimum absolute atomic E-state index is 0.102. The van der Waals surface area contributed by atoms with Crippen LogP contribution in [0.25, 0.3) is 16.9 Å². The van der Waals surface area contributed by atoms with E-state index in [1.807, 2.05) is 0 Å². The van der Waals surface area contributed by atoms with E-state index in [4.69, 9.17) is 28.4 Å². The Labute approximate surface area is 357 Å². The van der Waals surface area contributed by atoms with Crippen molar-refractivity contribution in [3.8, 4) is 28.4 Å². The van der Waals surface area contributed by atoms with E-state index < -0.39 is 40.6 Å². The Bertz CT molecular complexity index is 2080. The Balaban J connectivity index is 1.18. The molecule has 2 aliphatic rings. The fraction of sp³-hybridized carbons (Fsp3) is 0.455. The second-order valence-electron chi connectivity index (χ2n) is 14.9. The van der Waals surface area contributed by atoms with Gasteiger partial charge in [-0.05, 0) is 107 Å². The molecule has 330 valence electrons. The third kappa shape index (κ3) is 13.7. The number of nitrogens with zero attached hydrogens (tertiary/aromatic N) is 4. The van der Waals surface area contributed by atoms with Gasteiger partial charge in [-0.25, -0.2) is 14.3 Å². The number of unbranched alkanes of at least 4 members (excludes halogenated alkanes) is 2. The van der Waals surface area contributed by atoms with E-state index in [9.17, 15) is 38.9 Å². The molecule has 62 heavy (non-hydrogen) atoms. The van der Waals surface area contributed by atoms with E-state index in [1.54, 1.807) is 6.20 Å². The number of carbonyl (C=O) groups excluding carboxylic acids is 6. The summed E-state index contributed by atoms with van der Waals surface area (Å²) in [7, 11) is 0. The second-order valence-corrected chi connectivity index (χ2v) is 14.9. The summed E-state index contributed by atoms with van der Waals surface area (Å²) in [6.45, 7) is 7.47. The largest absolute Gasteiger partial charge is 0.465 e. The summed E-state index contributed by atoms with van der Waals surface area (Å²) in [5.74, 6) is -4.08. The van der Waals surface area contributed by atoms with Gasteiger partial charge in [0.1, 0.15) is 17.2 Å². The first-order chi connectivity index (χ1) is 29.9. The highest BCUT2D eigenvalue weighted by Gasteiger charge is 2.34. The summed E-state index contributed by atoms with van der Waals surface area (Å²) in [5.41, 5.74) is 0.922. The van der Waals surface area contributed by atoms with Gasteiger partial charge in [0.25, 0.3) is 5.69 Å². The van der Waals surface area contributed by atoms with Crippen LogP contribution in [0.15, 0.2) is 74.0 Å². The maximum Gasteiger partial charge on any atom is 0.330 e. The fourth-order valence-electron chi connectivity index (χ4n) is 7.08. The SMILES string of the molecule is C=CC(=O)OCCCCOC(=O)C1CCC(C(=O)Oc2ccc(OC(=O)C3CCC(C(=O)OCCCCOC(=O)C=C)CC3)c(-c3cn(-c4ccc([N+](=O)[O-])cc4)nn3)c2)CC1. The number of hydrogen-bond acceptors (Lipinski definition) is 16. The standard InChI is InChI=1S/C44H50N4O14/c1-3-39(49)57-23-5-7-25-59-41(51)29-9-13-31(14-10-29)43(53)61-35-21-22-38(36(27-35)37-28-47(46-45-37)33-17-19-34(20-18-33)48(55)56)62-44(54)32-15-11-30(12-16-32)42(52)60-26-8-6-24-58-40(50)4-2/h3-4,17-22,27-32H,1-2,5-16,23-26H2. The molecule has 2 fully saturated rings. The molecule has 0 aliphatic heterocycles. The lowest BCUT2D eigenvalue weighted by atomic mass is 9.82. The number of ether oxygens (including phenoxy) is 6. The summed E-state index contributed by atoms with van der Waals surface area (Å²) < 4.78 is 33.8. The van der Waals surface area contributed by atoms with Crippen molar-refractivity contribution in [3.05, 3.63) is 84.1 Å². The van der Waals surface area contributed by atoms with Crippen LogP contribution in [-0.4, -0.2) is 82.2 Å². The van der Waals surface area contributed by atoms with Crippen LogP contribution in [0.1, 0.15) is 77.0 Å². The molecule has 1 heterocycles. The summed E-state index contributed by atoms with van der Waals surface area (Å²) >= 11 is 0. The molecule has 3 aromatic rings. The first-order valence-corrected chi connectivity index (χ1v) is 20.6. The fourth-order valence-corrected chi connectivity index (χ4v) is 7.08. The summed E-state index contributed by atoms with van der Waals surface area (Å²) in [5, 5.41) is 19.6. The monoisotopic (exact) mass is 858 g/mol. The predicted octanol–water partition coefficient (Wildman–Crippen LogP) is 6.37. The number of aromatic nitrogens is 3. The molecule has 2 saturated carbocycles. The number of nitro benzene ring substituents is 1.